The fourth-order valence-electron chi connectivity index (χ4n) is 3.11. The molecule has 1 aromatic heterocycles. The first-order chi connectivity index (χ1) is 11.7. The van der Waals surface area contributed by atoms with Crippen LogP contribution in [0.3, 0.4) is 0 Å². The zero-order valence-corrected chi connectivity index (χ0v) is 14.7. The number of carbonyl (C=O) groups excluding carboxylic acids is 2. The summed E-state index contributed by atoms with van der Waals surface area (Å²) in [6.45, 7) is 1.31. The Morgan fingerprint density at radius 3 is 2.75 bits per heavy atom. The number of nitrogens with zero attached hydrogens (tertiary/aromatic N) is 2. The molecule has 3 rings (SSSR count). The molecule has 1 amide bonds. The van der Waals surface area contributed by atoms with E-state index in [0.29, 0.717) is 32.4 Å². The maximum absolute atomic E-state index is 12.3. The molecule has 1 fully saturated rings. The molecule has 128 valence electrons. The summed E-state index contributed by atoms with van der Waals surface area (Å²) in [7, 11) is 1.42. The van der Waals surface area contributed by atoms with E-state index < -0.39 is 0 Å². The number of piperidine rings is 1. The summed E-state index contributed by atoms with van der Waals surface area (Å²) in [5.41, 5.74) is 1.04. The number of ether oxygens (including phenoxy) is 1. The molecule has 0 unspecified atom stereocenters. The zero-order chi connectivity index (χ0) is 16.9. The van der Waals surface area contributed by atoms with E-state index in [1.807, 2.05) is 23.1 Å². The lowest BCUT2D eigenvalue weighted by Gasteiger charge is -2.30. The minimum Gasteiger partial charge on any atom is -0.469 e. The molecular formula is C18H22N2O3S. The maximum Gasteiger partial charge on any atom is 0.308 e. The van der Waals surface area contributed by atoms with Gasteiger partial charge in [0.1, 0.15) is 0 Å². The highest BCUT2D eigenvalue weighted by Gasteiger charge is 2.27. The Hall–Kier alpha value is -1.95. The van der Waals surface area contributed by atoms with Crippen LogP contribution in [0.1, 0.15) is 30.7 Å². The van der Waals surface area contributed by atoms with Crippen LogP contribution in [-0.2, 0) is 20.7 Å². The number of aromatic nitrogens is 1. The fourth-order valence-corrected chi connectivity index (χ4v) is 4.12. The second-order valence-electron chi connectivity index (χ2n) is 6.11. The van der Waals surface area contributed by atoms with Crippen molar-refractivity contribution in [3.05, 3.63) is 29.3 Å². The van der Waals surface area contributed by atoms with E-state index in [2.05, 4.69) is 11.1 Å². The van der Waals surface area contributed by atoms with Gasteiger partial charge in [0.25, 0.3) is 0 Å². The number of benzene rings is 1. The summed E-state index contributed by atoms with van der Waals surface area (Å²) < 4.78 is 5.97. The number of aryl methyl sites for hydroxylation is 1. The fraction of sp³-hybridized carbons (Fsp3) is 0.500. The van der Waals surface area contributed by atoms with Gasteiger partial charge in [0.15, 0.2) is 0 Å². The quantitative estimate of drug-likeness (QED) is 0.781. The van der Waals surface area contributed by atoms with Crippen molar-refractivity contribution in [2.75, 3.05) is 20.2 Å². The molecule has 0 aliphatic carbocycles. The Morgan fingerprint density at radius 2 is 2.04 bits per heavy atom. The molecule has 0 saturated carbocycles. The molecule has 2 aromatic rings. The number of rotatable bonds is 5. The highest BCUT2D eigenvalue weighted by Crippen LogP contribution is 2.23. The van der Waals surface area contributed by atoms with Crippen LogP contribution >= 0.6 is 11.3 Å². The average molecular weight is 346 g/mol. The molecule has 1 aliphatic heterocycles. The molecule has 24 heavy (non-hydrogen) atoms. The maximum atomic E-state index is 12.3. The number of methoxy groups -OCH3 is 1. The lowest BCUT2D eigenvalue weighted by atomic mass is 9.97. The van der Waals surface area contributed by atoms with Crippen molar-refractivity contribution < 1.29 is 14.3 Å². The number of hydrogen-bond acceptors (Lipinski definition) is 5. The van der Waals surface area contributed by atoms with E-state index in [4.69, 9.17) is 4.74 Å². The topological polar surface area (TPSA) is 59.5 Å². The summed E-state index contributed by atoms with van der Waals surface area (Å²) in [6, 6.07) is 8.11. The Morgan fingerprint density at radius 1 is 1.29 bits per heavy atom. The van der Waals surface area contributed by atoms with E-state index in [9.17, 15) is 9.59 Å². The van der Waals surface area contributed by atoms with E-state index in [1.165, 1.54) is 11.8 Å². The van der Waals surface area contributed by atoms with Crippen molar-refractivity contribution in [3.8, 4) is 0 Å². The van der Waals surface area contributed by atoms with Gasteiger partial charge in [-0.15, -0.1) is 11.3 Å². The van der Waals surface area contributed by atoms with Crippen molar-refractivity contribution in [2.45, 2.75) is 32.1 Å². The number of hydrogen-bond donors (Lipinski definition) is 0. The van der Waals surface area contributed by atoms with Crippen LogP contribution in [0, 0.1) is 5.92 Å². The smallest absolute Gasteiger partial charge is 0.308 e. The first kappa shape index (κ1) is 16.9. The molecule has 5 nitrogen and oxygen atoms in total. The number of carbonyl (C=O) groups is 2. The van der Waals surface area contributed by atoms with Crippen LogP contribution in [-0.4, -0.2) is 42.0 Å². The molecule has 0 radical (unpaired) electrons. The first-order valence-corrected chi connectivity index (χ1v) is 9.19. The van der Waals surface area contributed by atoms with Gasteiger partial charge in [-0.2, -0.15) is 0 Å². The summed E-state index contributed by atoms with van der Waals surface area (Å²) in [5, 5.41) is 1.09. The van der Waals surface area contributed by atoms with Gasteiger partial charge < -0.3 is 9.64 Å². The third kappa shape index (κ3) is 3.93. The summed E-state index contributed by atoms with van der Waals surface area (Å²) in [4.78, 5) is 30.3. The second kappa shape index (κ2) is 7.75. The lowest BCUT2D eigenvalue weighted by Crippen LogP contribution is -2.40. The molecular weight excluding hydrogens is 324 g/mol. The van der Waals surface area contributed by atoms with Crippen molar-refractivity contribution in [1.29, 1.82) is 0 Å². The summed E-state index contributed by atoms with van der Waals surface area (Å²) in [6.07, 6.45) is 3.60. The largest absolute Gasteiger partial charge is 0.469 e. The summed E-state index contributed by atoms with van der Waals surface area (Å²) in [5.74, 6) is -0.0286. The van der Waals surface area contributed by atoms with Gasteiger partial charge in [-0.05, 0) is 37.8 Å². The molecule has 6 heteroatoms. The van der Waals surface area contributed by atoms with Gasteiger partial charge >= 0.3 is 5.97 Å². The van der Waals surface area contributed by atoms with Gasteiger partial charge in [0, 0.05) is 19.5 Å². The predicted molar refractivity (Wildman–Crippen MR) is 93.9 cm³/mol. The minimum absolute atomic E-state index is 0.0539. The number of fused-ring (bicyclic) bond motifs is 1. The van der Waals surface area contributed by atoms with Gasteiger partial charge in [0.05, 0.1) is 28.3 Å². The average Bonchev–Trinajstić information content (AvgIpc) is 3.03. The molecule has 0 bridgehead atoms. The Bertz CT molecular complexity index is 687. The highest BCUT2D eigenvalue weighted by molar-refractivity contribution is 7.18. The number of likely N-dealkylation sites (tertiary alicyclic amines) is 1. The Balaban J connectivity index is 1.43. The molecule has 1 saturated heterocycles. The van der Waals surface area contributed by atoms with Gasteiger partial charge in [-0.1, -0.05) is 12.1 Å². The first-order valence-electron chi connectivity index (χ1n) is 8.37. The molecule has 2 heterocycles. The Kier molecular flexibility index (Phi) is 5.45. The van der Waals surface area contributed by atoms with E-state index in [-0.39, 0.29) is 17.8 Å². The second-order valence-corrected chi connectivity index (χ2v) is 7.22. The number of amides is 1. The van der Waals surface area contributed by atoms with Crippen LogP contribution in [0.4, 0.5) is 0 Å². The van der Waals surface area contributed by atoms with Crippen LogP contribution in [0.15, 0.2) is 24.3 Å². The molecule has 0 atom stereocenters. The van der Waals surface area contributed by atoms with Crippen molar-refractivity contribution in [3.63, 3.8) is 0 Å². The van der Waals surface area contributed by atoms with Crippen LogP contribution in [0.25, 0.3) is 10.2 Å². The predicted octanol–water partition coefficient (Wildman–Crippen LogP) is 3.03. The zero-order valence-electron chi connectivity index (χ0n) is 13.9. The van der Waals surface area contributed by atoms with Gasteiger partial charge in [-0.25, -0.2) is 4.98 Å². The monoisotopic (exact) mass is 346 g/mol. The van der Waals surface area contributed by atoms with Crippen LogP contribution in [0.2, 0.25) is 0 Å². The third-order valence-corrected chi connectivity index (χ3v) is 5.60. The van der Waals surface area contributed by atoms with Crippen molar-refractivity contribution >= 4 is 33.4 Å². The van der Waals surface area contributed by atoms with E-state index >= 15 is 0 Å². The molecule has 1 aromatic carbocycles. The Labute approximate surface area is 145 Å². The normalized spacial score (nSPS) is 15.6. The van der Waals surface area contributed by atoms with Gasteiger partial charge in [-0.3, -0.25) is 9.59 Å². The third-order valence-electron chi connectivity index (χ3n) is 4.50. The molecule has 0 N–H and O–H groups in total. The number of para-hydroxylation sites is 1. The van der Waals surface area contributed by atoms with Gasteiger partial charge in [0.2, 0.25) is 5.91 Å². The number of esters is 1. The van der Waals surface area contributed by atoms with Crippen molar-refractivity contribution in [1.82, 2.24) is 9.88 Å². The van der Waals surface area contributed by atoms with Crippen LogP contribution < -0.4 is 0 Å². The SMILES string of the molecule is COC(=O)C1CCN(C(=O)CCCc2nc3ccccc3s2)CC1. The molecule has 1 aliphatic rings. The van der Waals surface area contributed by atoms with E-state index in [0.717, 1.165) is 23.4 Å². The highest BCUT2D eigenvalue weighted by atomic mass is 32.1. The van der Waals surface area contributed by atoms with Crippen LogP contribution in [0.5, 0.6) is 0 Å². The standard InChI is InChI=1S/C18H22N2O3S/c1-23-18(22)13-9-11-20(12-10-13)17(21)8-4-7-16-19-14-5-2-3-6-15(14)24-16/h2-3,5-6,13H,4,7-12H2,1H3. The molecule has 0 spiro atoms. The van der Waals surface area contributed by atoms with Crippen molar-refractivity contribution in [2.24, 2.45) is 5.92 Å². The summed E-state index contributed by atoms with van der Waals surface area (Å²) >= 11 is 1.70. The number of thiazole rings is 1. The van der Waals surface area contributed by atoms with E-state index in [1.54, 1.807) is 11.3 Å². The minimum atomic E-state index is -0.155. The lowest BCUT2D eigenvalue weighted by molar-refractivity contribution is -0.148.